The molecule has 0 aliphatic rings. The first-order valence-electron chi connectivity index (χ1n) is 6.96. The molecule has 0 atom stereocenters. The van der Waals surface area contributed by atoms with E-state index < -0.39 is 5.91 Å². The van der Waals surface area contributed by atoms with Crippen molar-refractivity contribution in [3.63, 3.8) is 0 Å². The predicted octanol–water partition coefficient (Wildman–Crippen LogP) is 3.52. The zero-order chi connectivity index (χ0) is 17.0. The summed E-state index contributed by atoms with van der Waals surface area (Å²) in [4.78, 5) is 24.5. The molecule has 0 aliphatic carbocycles. The Kier molecular flexibility index (Phi) is 5.63. The van der Waals surface area contributed by atoms with Gasteiger partial charge in [0, 0.05) is 9.90 Å². The first-order chi connectivity index (χ1) is 10.9. The standard InChI is InChI=1S/C16H17ClN2O3S/c1-9-10(2)23-16(14(9)15(18)21)19-13(20)7-8-22-12-5-3-11(17)4-6-12/h3-6H,7-8H2,1-2H3,(H2,18,21)(H,19,20). The van der Waals surface area contributed by atoms with Crippen LogP contribution in [0.4, 0.5) is 5.00 Å². The number of aryl methyl sites for hydroxylation is 1. The molecule has 1 heterocycles. The minimum atomic E-state index is -0.542. The molecule has 5 nitrogen and oxygen atoms in total. The lowest BCUT2D eigenvalue weighted by Gasteiger charge is -2.07. The molecule has 1 aromatic heterocycles. The summed E-state index contributed by atoms with van der Waals surface area (Å²) in [6.45, 7) is 3.92. The molecule has 0 aliphatic heterocycles. The van der Waals surface area contributed by atoms with Crippen molar-refractivity contribution in [2.45, 2.75) is 20.3 Å². The van der Waals surface area contributed by atoms with Gasteiger partial charge in [-0.15, -0.1) is 11.3 Å². The van der Waals surface area contributed by atoms with Crippen molar-refractivity contribution in [2.75, 3.05) is 11.9 Å². The summed E-state index contributed by atoms with van der Waals surface area (Å²) in [6, 6.07) is 6.90. The van der Waals surface area contributed by atoms with E-state index in [0.29, 0.717) is 21.3 Å². The van der Waals surface area contributed by atoms with Gasteiger partial charge in [0.05, 0.1) is 18.6 Å². The fourth-order valence-electron chi connectivity index (χ4n) is 1.99. The van der Waals surface area contributed by atoms with E-state index in [2.05, 4.69) is 5.32 Å². The van der Waals surface area contributed by atoms with Gasteiger partial charge in [-0.3, -0.25) is 9.59 Å². The van der Waals surface area contributed by atoms with Crippen molar-refractivity contribution >= 4 is 39.8 Å². The van der Waals surface area contributed by atoms with Crippen molar-refractivity contribution in [2.24, 2.45) is 5.73 Å². The Morgan fingerprint density at radius 1 is 1.26 bits per heavy atom. The molecule has 7 heteroatoms. The van der Waals surface area contributed by atoms with Crippen molar-refractivity contribution in [1.82, 2.24) is 0 Å². The van der Waals surface area contributed by atoms with Crippen LogP contribution >= 0.6 is 22.9 Å². The number of rotatable bonds is 6. The Balaban J connectivity index is 1.91. The molecular formula is C16H17ClN2O3S. The van der Waals surface area contributed by atoms with Crippen LogP contribution in [0.3, 0.4) is 0 Å². The predicted molar refractivity (Wildman–Crippen MR) is 92.5 cm³/mol. The van der Waals surface area contributed by atoms with E-state index in [9.17, 15) is 9.59 Å². The van der Waals surface area contributed by atoms with Crippen LogP contribution in [0.5, 0.6) is 5.75 Å². The number of anilines is 1. The second kappa shape index (κ2) is 7.48. The lowest BCUT2D eigenvalue weighted by atomic mass is 10.1. The molecule has 2 aromatic rings. The Hall–Kier alpha value is -2.05. The van der Waals surface area contributed by atoms with Crippen LogP contribution < -0.4 is 15.8 Å². The lowest BCUT2D eigenvalue weighted by Crippen LogP contribution is -2.18. The van der Waals surface area contributed by atoms with Gasteiger partial charge in [0.25, 0.3) is 5.91 Å². The lowest BCUT2D eigenvalue weighted by molar-refractivity contribution is -0.116. The van der Waals surface area contributed by atoms with E-state index in [0.717, 1.165) is 10.4 Å². The summed E-state index contributed by atoms with van der Waals surface area (Å²) >= 11 is 7.13. The molecule has 0 fully saturated rings. The average molecular weight is 353 g/mol. The summed E-state index contributed by atoms with van der Waals surface area (Å²) in [5.41, 5.74) is 6.55. The molecule has 1 aromatic carbocycles. The molecule has 2 amide bonds. The Labute approximate surface area is 143 Å². The van der Waals surface area contributed by atoms with Crippen LogP contribution in [0.25, 0.3) is 0 Å². The van der Waals surface area contributed by atoms with Crippen LogP contribution in [-0.2, 0) is 4.79 Å². The number of halogens is 1. The minimum Gasteiger partial charge on any atom is -0.493 e. The van der Waals surface area contributed by atoms with Gasteiger partial charge in [0.2, 0.25) is 5.91 Å². The zero-order valence-electron chi connectivity index (χ0n) is 12.8. The highest BCUT2D eigenvalue weighted by atomic mass is 35.5. The summed E-state index contributed by atoms with van der Waals surface area (Å²) in [5, 5.41) is 3.84. The fraction of sp³-hybridized carbons (Fsp3) is 0.250. The van der Waals surface area contributed by atoms with Gasteiger partial charge in [-0.1, -0.05) is 11.6 Å². The minimum absolute atomic E-state index is 0.164. The number of nitrogens with two attached hydrogens (primary N) is 1. The Morgan fingerprint density at radius 2 is 1.91 bits per heavy atom. The van der Waals surface area contributed by atoms with E-state index >= 15 is 0 Å². The number of carbonyl (C=O) groups is 2. The van der Waals surface area contributed by atoms with E-state index in [1.165, 1.54) is 11.3 Å². The maximum absolute atomic E-state index is 12.0. The highest BCUT2D eigenvalue weighted by Crippen LogP contribution is 2.32. The maximum atomic E-state index is 12.0. The summed E-state index contributed by atoms with van der Waals surface area (Å²) in [6.07, 6.45) is 0.164. The van der Waals surface area contributed by atoms with Crippen molar-refractivity contribution in [1.29, 1.82) is 0 Å². The number of hydrogen-bond donors (Lipinski definition) is 2. The van der Waals surface area contributed by atoms with Gasteiger partial charge in [-0.2, -0.15) is 0 Å². The molecule has 0 radical (unpaired) electrons. The second-order valence-electron chi connectivity index (χ2n) is 4.95. The number of thiophene rings is 1. The normalized spacial score (nSPS) is 10.4. The molecule has 2 rings (SSSR count). The Morgan fingerprint density at radius 3 is 2.52 bits per heavy atom. The number of primary amides is 1. The van der Waals surface area contributed by atoms with Crippen LogP contribution in [0.2, 0.25) is 5.02 Å². The fourth-order valence-corrected chi connectivity index (χ4v) is 3.20. The number of ether oxygens (including phenoxy) is 1. The summed E-state index contributed by atoms with van der Waals surface area (Å²) < 4.78 is 5.47. The average Bonchev–Trinajstić information content (AvgIpc) is 2.75. The quantitative estimate of drug-likeness (QED) is 0.834. The number of nitrogens with one attached hydrogen (secondary N) is 1. The molecule has 0 bridgehead atoms. The third kappa shape index (κ3) is 4.46. The van der Waals surface area contributed by atoms with Crippen LogP contribution in [0.1, 0.15) is 27.2 Å². The smallest absolute Gasteiger partial charge is 0.251 e. The van der Waals surface area contributed by atoms with E-state index in [4.69, 9.17) is 22.1 Å². The van der Waals surface area contributed by atoms with Crippen LogP contribution in [0, 0.1) is 13.8 Å². The molecule has 0 unspecified atom stereocenters. The van der Waals surface area contributed by atoms with Gasteiger partial charge in [0.15, 0.2) is 0 Å². The Bertz CT molecular complexity index is 726. The largest absolute Gasteiger partial charge is 0.493 e. The number of amides is 2. The highest BCUT2D eigenvalue weighted by Gasteiger charge is 2.18. The SMILES string of the molecule is Cc1sc(NC(=O)CCOc2ccc(Cl)cc2)c(C(N)=O)c1C. The molecule has 0 saturated carbocycles. The first kappa shape index (κ1) is 17.3. The molecule has 0 saturated heterocycles. The van der Waals surface area contributed by atoms with E-state index in [1.807, 2.05) is 13.8 Å². The molecule has 0 spiro atoms. The molecule has 122 valence electrons. The van der Waals surface area contributed by atoms with Gasteiger partial charge in [-0.05, 0) is 43.7 Å². The van der Waals surface area contributed by atoms with Gasteiger partial charge < -0.3 is 15.8 Å². The van der Waals surface area contributed by atoms with Gasteiger partial charge in [0.1, 0.15) is 10.8 Å². The number of carbonyl (C=O) groups excluding carboxylic acids is 2. The van der Waals surface area contributed by atoms with Crippen LogP contribution in [0.15, 0.2) is 24.3 Å². The first-order valence-corrected chi connectivity index (χ1v) is 8.16. The topological polar surface area (TPSA) is 81.4 Å². The van der Waals surface area contributed by atoms with Crippen LogP contribution in [-0.4, -0.2) is 18.4 Å². The third-order valence-corrected chi connectivity index (χ3v) is 4.67. The zero-order valence-corrected chi connectivity index (χ0v) is 14.4. The van der Waals surface area contributed by atoms with Crippen molar-refractivity contribution in [3.05, 3.63) is 45.3 Å². The number of benzene rings is 1. The monoisotopic (exact) mass is 352 g/mol. The number of hydrogen-bond acceptors (Lipinski definition) is 4. The molecule has 3 N–H and O–H groups in total. The molecule has 23 heavy (non-hydrogen) atoms. The van der Waals surface area contributed by atoms with Gasteiger partial charge in [-0.25, -0.2) is 0 Å². The van der Waals surface area contributed by atoms with Crippen molar-refractivity contribution < 1.29 is 14.3 Å². The second-order valence-corrected chi connectivity index (χ2v) is 6.61. The summed E-state index contributed by atoms with van der Waals surface area (Å²) in [7, 11) is 0. The van der Waals surface area contributed by atoms with E-state index in [-0.39, 0.29) is 18.9 Å². The highest BCUT2D eigenvalue weighted by molar-refractivity contribution is 7.16. The van der Waals surface area contributed by atoms with Gasteiger partial charge >= 0.3 is 0 Å². The third-order valence-electron chi connectivity index (χ3n) is 3.30. The van der Waals surface area contributed by atoms with Crippen molar-refractivity contribution in [3.8, 4) is 5.75 Å². The molecular weight excluding hydrogens is 336 g/mol. The summed E-state index contributed by atoms with van der Waals surface area (Å²) in [5.74, 6) is -0.134. The van der Waals surface area contributed by atoms with E-state index in [1.54, 1.807) is 24.3 Å². The maximum Gasteiger partial charge on any atom is 0.251 e.